The fourth-order valence-corrected chi connectivity index (χ4v) is 4.34. The first-order valence-electron chi connectivity index (χ1n) is 8.37. The zero-order valence-electron chi connectivity index (χ0n) is 14.8. The lowest BCUT2D eigenvalue weighted by molar-refractivity contribution is 0.0802. The summed E-state index contributed by atoms with van der Waals surface area (Å²) in [7, 11) is -1.44. The van der Waals surface area contributed by atoms with Crippen molar-refractivity contribution < 1.29 is 18.0 Å². The summed E-state index contributed by atoms with van der Waals surface area (Å²) in [5.41, 5.74) is 0.969. The Labute approximate surface area is 148 Å². The summed E-state index contributed by atoms with van der Waals surface area (Å²) in [6.45, 7) is 4.17. The smallest absolute Gasteiger partial charge is 0.319 e. The summed E-state index contributed by atoms with van der Waals surface area (Å²) in [6.07, 6.45) is 1.17. The largest absolute Gasteiger partial charge is 0.342 e. The molecule has 2 rings (SSSR count). The van der Waals surface area contributed by atoms with E-state index >= 15 is 0 Å². The van der Waals surface area contributed by atoms with Gasteiger partial charge in [-0.15, -0.1) is 0 Å². The number of rotatable bonds is 4. The Morgan fingerprint density at radius 2 is 2.00 bits per heavy atom. The van der Waals surface area contributed by atoms with Crippen LogP contribution in [0.5, 0.6) is 0 Å². The van der Waals surface area contributed by atoms with E-state index < -0.39 is 21.9 Å². The molecule has 25 heavy (non-hydrogen) atoms. The first kappa shape index (κ1) is 19.2. The normalized spacial score (nSPS) is 22.0. The van der Waals surface area contributed by atoms with Crippen LogP contribution in [0, 0.1) is 0 Å². The molecule has 1 aromatic carbocycles. The molecule has 0 aromatic heterocycles. The molecule has 2 N–H and O–H groups in total. The fourth-order valence-electron chi connectivity index (χ4n) is 2.70. The van der Waals surface area contributed by atoms with E-state index in [1.807, 2.05) is 6.92 Å². The van der Waals surface area contributed by atoms with E-state index in [4.69, 9.17) is 0 Å². The van der Waals surface area contributed by atoms with Gasteiger partial charge in [-0.1, -0.05) is 6.07 Å². The van der Waals surface area contributed by atoms with Gasteiger partial charge in [0.2, 0.25) is 0 Å². The number of carbonyl (C=O) groups is 2. The molecule has 7 nitrogen and oxygen atoms in total. The third-order valence-corrected chi connectivity index (χ3v) is 6.82. The minimum atomic E-state index is -3.15. The van der Waals surface area contributed by atoms with E-state index in [9.17, 15) is 18.0 Å². The van der Waals surface area contributed by atoms with E-state index in [-0.39, 0.29) is 16.9 Å². The Bertz CT molecular complexity index is 748. The van der Waals surface area contributed by atoms with Crippen LogP contribution >= 0.6 is 0 Å². The van der Waals surface area contributed by atoms with Gasteiger partial charge >= 0.3 is 6.03 Å². The maximum absolute atomic E-state index is 12.2. The summed E-state index contributed by atoms with van der Waals surface area (Å²) in [5.74, 6) is -0.166. The molecule has 1 fully saturated rings. The van der Waals surface area contributed by atoms with Crippen molar-refractivity contribution in [2.75, 3.05) is 24.7 Å². The van der Waals surface area contributed by atoms with Crippen LogP contribution in [0.3, 0.4) is 0 Å². The van der Waals surface area contributed by atoms with Crippen LogP contribution in [-0.2, 0) is 9.84 Å². The van der Waals surface area contributed by atoms with Gasteiger partial charge in [0.1, 0.15) is 0 Å². The zero-order valence-corrected chi connectivity index (χ0v) is 15.6. The highest BCUT2D eigenvalue weighted by molar-refractivity contribution is 7.92. The highest BCUT2D eigenvalue weighted by atomic mass is 32.2. The predicted molar refractivity (Wildman–Crippen MR) is 97.5 cm³/mol. The summed E-state index contributed by atoms with van der Waals surface area (Å²) >= 11 is 0. The van der Waals surface area contributed by atoms with Gasteiger partial charge in [-0.2, -0.15) is 0 Å². The van der Waals surface area contributed by atoms with Crippen molar-refractivity contribution in [2.45, 2.75) is 38.0 Å². The molecular formula is C17H25N3O4S. The number of hydrogen-bond acceptors (Lipinski definition) is 4. The molecule has 0 spiro atoms. The van der Waals surface area contributed by atoms with Crippen LogP contribution in [0.1, 0.15) is 37.0 Å². The first-order chi connectivity index (χ1) is 11.7. The van der Waals surface area contributed by atoms with Crippen LogP contribution in [-0.4, -0.2) is 55.9 Å². The van der Waals surface area contributed by atoms with Gasteiger partial charge in [0, 0.05) is 30.9 Å². The number of sulfone groups is 1. The Morgan fingerprint density at radius 1 is 1.28 bits per heavy atom. The van der Waals surface area contributed by atoms with Crippen molar-refractivity contribution in [3.8, 4) is 0 Å². The predicted octanol–water partition coefficient (Wildman–Crippen LogP) is 1.87. The van der Waals surface area contributed by atoms with E-state index in [0.717, 1.165) is 0 Å². The second-order valence-corrected chi connectivity index (χ2v) is 8.88. The minimum absolute atomic E-state index is 0.0403. The Hall–Kier alpha value is -2.09. The quantitative estimate of drug-likeness (QED) is 0.849. The molecule has 2 atom stereocenters. The number of hydrogen-bond donors (Lipinski definition) is 2. The maximum Gasteiger partial charge on any atom is 0.319 e. The number of amides is 3. The number of urea groups is 1. The van der Waals surface area contributed by atoms with Gasteiger partial charge in [-0.05, 0) is 44.9 Å². The number of anilines is 1. The highest BCUT2D eigenvalue weighted by Gasteiger charge is 2.31. The topological polar surface area (TPSA) is 95.6 Å². The van der Waals surface area contributed by atoms with Crippen LogP contribution in [0.4, 0.5) is 10.5 Å². The number of benzene rings is 1. The molecule has 8 heteroatoms. The van der Waals surface area contributed by atoms with Crippen LogP contribution in [0.25, 0.3) is 0 Å². The lowest BCUT2D eigenvalue weighted by Crippen LogP contribution is -2.46. The van der Waals surface area contributed by atoms with Crippen LogP contribution < -0.4 is 10.6 Å². The molecule has 1 heterocycles. The Balaban J connectivity index is 1.98. The zero-order chi connectivity index (χ0) is 18.6. The van der Waals surface area contributed by atoms with Gasteiger partial charge in [-0.3, -0.25) is 4.79 Å². The molecule has 138 valence electrons. The molecular weight excluding hydrogens is 342 g/mol. The maximum atomic E-state index is 12.2. The second kappa shape index (κ2) is 7.86. The van der Waals surface area contributed by atoms with E-state index in [0.29, 0.717) is 30.6 Å². The van der Waals surface area contributed by atoms with Crippen molar-refractivity contribution in [3.63, 3.8) is 0 Å². The molecule has 0 aliphatic carbocycles. The summed E-state index contributed by atoms with van der Waals surface area (Å²) < 4.78 is 23.9. The molecule has 1 aromatic rings. The monoisotopic (exact) mass is 367 g/mol. The number of carbonyl (C=O) groups excluding carboxylic acids is 2. The third-order valence-electron chi connectivity index (χ3n) is 4.49. The van der Waals surface area contributed by atoms with Crippen molar-refractivity contribution in [1.29, 1.82) is 0 Å². The second-order valence-electron chi connectivity index (χ2n) is 6.41. The summed E-state index contributed by atoms with van der Waals surface area (Å²) in [4.78, 5) is 25.9. The molecule has 1 aliphatic rings. The van der Waals surface area contributed by atoms with E-state index in [1.54, 1.807) is 43.1 Å². The number of nitrogens with one attached hydrogen (secondary N) is 2. The molecule has 1 aliphatic heterocycles. The van der Waals surface area contributed by atoms with Crippen LogP contribution in [0.15, 0.2) is 24.3 Å². The van der Waals surface area contributed by atoms with Gasteiger partial charge in [0.05, 0.1) is 11.0 Å². The average molecular weight is 367 g/mol. The first-order valence-corrected chi connectivity index (χ1v) is 10.1. The third kappa shape index (κ3) is 4.94. The van der Waals surface area contributed by atoms with Crippen molar-refractivity contribution >= 4 is 27.5 Å². The molecule has 0 radical (unpaired) electrons. The SMILES string of the molecule is CCN(C)C(=O)c1cccc(NC(=O)NC2CCC(C)S(=O)(=O)C2)c1. The molecule has 3 amide bonds. The molecule has 2 unspecified atom stereocenters. The van der Waals surface area contributed by atoms with Crippen molar-refractivity contribution in [3.05, 3.63) is 29.8 Å². The summed E-state index contributed by atoms with van der Waals surface area (Å²) in [6, 6.07) is 5.81. The molecule has 0 bridgehead atoms. The van der Waals surface area contributed by atoms with Gasteiger partial charge in [-0.25, -0.2) is 13.2 Å². The lowest BCUT2D eigenvalue weighted by Gasteiger charge is -2.27. The van der Waals surface area contributed by atoms with Crippen molar-refractivity contribution in [1.82, 2.24) is 10.2 Å². The fraction of sp³-hybridized carbons (Fsp3) is 0.529. The number of nitrogens with zero attached hydrogens (tertiary/aromatic N) is 1. The van der Waals surface area contributed by atoms with Gasteiger partial charge in [0.15, 0.2) is 9.84 Å². The minimum Gasteiger partial charge on any atom is -0.342 e. The summed E-state index contributed by atoms with van der Waals surface area (Å²) in [5, 5.41) is 5.01. The van der Waals surface area contributed by atoms with Gasteiger partial charge < -0.3 is 15.5 Å². The Morgan fingerprint density at radius 3 is 2.64 bits per heavy atom. The van der Waals surface area contributed by atoms with E-state index in [1.165, 1.54) is 0 Å². The lowest BCUT2D eigenvalue weighted by atomic mass is 10.1. The average Bonchev–Trinajstić information content (AvgIpc) is 2.56. The van der Waals surface area contributed by atoms with Gasteiger partial charge in [0.25, 0.3) is 5.91 Å². The van der Waals surface area contributed by atoms with E-state index in [2.05, 4.69) is 10.6 Å². The standard InChI is InChI=1S/C17H25N3O4S/c1-4-20(3)16(21)13-6-5-7-14(10-13)18-17(22)19-15-9-8-12(2)25(23,24)11-15/h5-7,10,12,15H,4,8-9,11H2,1-3H3,(H2,18,19,22). The van der Waals surface area contributed by atoms with Crippen molar-refractivity contribution in [2.24, 2.45) is 0 Å². The Kier molecular flexibility index (Phi) is 6.05. The van der Waals surface area contributed by atoms with Crippen LogP contribution in [0.2, 0.25) is 0 Å². The molecule has 1 saturated heterocycles. The highest BCUT2D eigenvalue weighted by Crippen LogP contribution is 2.19. The molecule has 0 saturated carbocycles.